The Bertz CT molecular complexity index is 1080. The summed E-state index contributed by atoms with van der Waals surface area (Å²) in [6, 6.07) is 9.75. The van der Waals surface area contributed by atoms with Gasteiger partial charge in [0, 0.05) is 30.8 Å². The van der Waals surface area contributed by atoms with Crippen molar-refractivity contribution in [2.75, 3.05) is 31.6 Å². The minimum atomic E-state index is -4.42. The Hall–Kier alpha value is -2.87. The second-order valence-corrected chi connectivity index (χ2v) is 11.2. The summed E-state index contributed by atoms with van der Waals surface area (Å²) in [7, 11) is 1.53. The number of hydrogen-bond donors (Lipinski definition) is 1. The number of rotatable bonds is 7. The summed E-state index contributed by atoms with van der Waals surface area (Å²) >= 11 is 0. The van der Waals surface area contributed by atoms with Crippen molar-refractivity contribution in [3.05, 3.63) is 64.7 Å². The Morgan fingerprint density at radius 3 is 2.19 bits per heavy atom. The molecule has 2 amide bonds. The number of anilines is 1. The van der Waals surface area contributed by atoms with E-state index in [-0.39, 0.29) is 17.7 Å². The van der Waals surface area contributed by atoms with E-state index in [1.165, 1.54) is 24.1 Å². The molecule has 5 nitrogen and oxygen atoms in total. The number of hydrogen-bond acceptors (Lipinski definition) is 3. The third-order valence-corrected chi connectivity index (χ3v) is 7.07. The molecular formula is C29H38F3N3O2. The SMILES string of the molecule is Cc1cc(C(=O)N(C)c2ccc(C(F)(F)F)cc2)ccc1CNC(=O)C1CCN(CCC(C)(C)C)CC1. The highest BCUT2D eigenvalue weighted by molar-refractivity contribution is 6.05. The van der Waals surface area contributed by atoms with Crippen LogP contribution < -0.4 is 10.2 Å². The van der Waals surface area contributed by atoms with Gasteiger partial charge in [0.25, 0.3) is 5.91 Å². The highest BCUT2D eigenvalue weighted by Crippen LogP contribution is 2.30. The van der Waals surface area contributed by atoms with Crippen molar-refractivity contribution in [1.29, 1.82) is 0 Å². The zero-order valence-corrected chi connectivity index (χ0v) is 22.4. The van der Waals surface area contributed by atoms with Crippen LogP contribution in [-0.4, -0.2) is 43.4 Å². The molecule has 3 rings (SSSR count). The molecule has 0 spiro atoms. The van der Waals surface area contributed by atoms with Crippen LogP contribution in [0.25, 0.3) is 0 Å². The molecule has 1 fully saturated rings. The third-order valence-electron chi connectivity index (χ3n) is 7.07. The van der Waals surface area contributed by atoms with Crippen LogP contribution in [0.4, 0.5) is 18.9 Å². The first-order chi connectivity index (χ1) is 17.2. The summed E-state index contributed by atoms with van der Waals surface area (Å²) in [6.07, 6.45) is -1.56. The van der Waals surface area contributed by atoms with Gasteiger partial charge >= 0.3 is 6.18 Å². The maximum absolute atomic E-state index is 12.9. The number of aryl methyl sites for hydroxylation is 1. The molecule has 1 heterocycles. The number of halogens is 3. The number of likely N-dealkylation sites (tertiary alicyclic amines) is 1. The smallest absolute Gasteiger partial charge is 0.352 e. The van der Waals surface area contributed by atoms with E-state index >= 15 is 0 Å². The van der Waals surface area contributed by atoms with Crippen molar-refractivity contribution in [2.45, 2.75) is 59.7 Å². The molecule has 2 aromatic rings. The third kappa shape index (κ3) is 8.06. The van der Waals surface area contributed by atoms with Gasteiger partial charge in [0.1, 0.15) is 0 Å². The number of piperidine rings is 1. The lowest BCUT2D eigenvalue weighted by Gasteiger charge is -2.33. The fourth-order valence-electron chi connectivity index (χ4n) is 4.45. The van der Waals surface area contributed by atoms with Gasteiger partial charge in [0.15, 0.2) is 0 Å². The van der Waals surface area contributed by atoms with Gasteiger partial charge in [0.2, 0.25) is 5.91 Å². The molecular weight excluding hydrogens is 479 g/mol. The van der Waals surface area contributed by atoms with Crippen LogP contribution in [0.2, 0.25) is 0 Å². The first kappa shape index (κ1) is 28.7. The lowest BCUT2D eigenvalue weighted by Crippen LogP contribution is -2.41. The molecule has 2 aromatic carbocycles. The number of alkyl halides is 3. The van der Waals surface area contributed by atoms with Gasteiger partial charge in [-0.1, -0.05) is 26.8 Å². The monoisotopic (exact) mass is 517 g/mol. The van der Waals surface area contributed by atoms with Crippen LogP contribution in [0.3, 0.4) is 0 Å². The zero-order valence-electron chi connectivity index (χ0n) is 22.4. The van der Waals surface area contributed by atoms with Gasteiger partial charge in [-0.3, -0.25) is 9.59 Å². The van der Waals surface area contributed by atoms with Crippen LogP contribution in [0.1, 0.15) is 67.1 Å². The summed E-state index contributed by atoms with van der Waals surface area (Å²) in [6.45, 7) is 11.9. The van der Waals surface area contributed by atoms with Crippen molar-refractivity contribution in [2.24, 2.45) is 11.3 Å². The minimum Gasteiger partial charge on any atom is -0.352 e. The average Bonchev–Trinajstić information content (AvgIpc) is 2.85. The van der Waals surface area contributed by atoms with E-state index in [9.17, 15) is 22.8 Å². The highest BCUT2D eigenvalue weighted by Gasteiger charge is 2.30. The number of carbonyl (C=O) groups excluding carboxylic acids is 2. The van der Waals surface area contributed by atoms with E-state index in [2.05, 4.69) is 31.0 Å². The summed E-state index contributed by atoms with van der Waals surface area (Å²) < 4.78 is 38.4. The lowest BCUT2D eigenvalue weighted by molar-refractivity contribution is -0.137. The Morgan fingerprint density at radius 2 is 1.65 bits per heavy atom. The molecule has 1 aliphatic rings. The molecule has 202 valence electrons. The predicted octanol–water partition coefficient (Wildman–Crippen LogP) is 6.05. The molecule has 0 bridgehead atoms. The van der Waals surface area contributed by atoms with E-state index in [4.69, 9.17) is 0 Å². The topological polar surface area (TPSA) is 52.7 Å². The number of benzene rings is 2. The van der Waals surface area contributed by atoms with Crippen LogP contribution in [-0.2, 0) is 17.5 Å². The highest BCUT2D eigenvalue weighted by atomic mass is 19.4. The molecule has 1 N–H and O–H groups in total. The Labute approximate surface area is 218 Å². The normalized spacial score (nSPS) is 15.5. The fraction of sp³-hybridized carbons (Fsp3) is 0.517. The van der Waals surface area contributed by atoms with Gasteiger partial charge < -0.3 is 15.1 Å². The Morgan fingerprint density at radius 1 is 1.03 bits per heavy atom. The quantitative estimate of drug-likeness (QED) is 0.486. The number of nitrogens with zero attached hydrogens (tertiary/aromatic N) is 2. The molecule has 8 heteroatoms. The van der Waals surface area contributed by atoms with Crippen molar-refractivity contribution >= 4 is 17.5 Å². The van der Waals surface area contributed by atoms with Crippen LogP contribution in [0, 0.1) is 18.3 Å². The Balaban J connectivity index is 1.52. The van der Waals surface area contributed by atoms with Crippen LogP contribution in [0.15, 0.2) is 42.5 Å². The largest absolute Gasteiger partial charge is 0.416 e. The Kier molecular flexibility index (Phi) is 9.05. The lowest BCUT2D eigenvalue weighted by atomic mass is 9.90. The fourth-order valence-corrected chi connectivity index (χ4v) is 4.45. The van der Waals surface area contributed by atoms with Crippen molar-refractivity contribution in [3.63, 3.8) is 0 Å². The van der Waals surface area contributed by atoms with Crippen molar-refractivity contribution in [1.82, 2.24) is 10.2 Å². The molecule has 37 heavy (non-hydrogen) atoms. The van der Waals surface area contributed by atoms with Crippen molar-refractivity contribution < 1.29 is 22.8 Å². The molecule has 0 saturated carbocycles. The van der Waals surface area contributed by atoms with E-state index in [0.717, 1.165) is 62.2 Å². The van der Waals surface area contributed by atoms with Crippen LogP contribution >= 0.6 is 0 Å². The summed E-state index contributed by atoms with van der Waals surface area (Å²) in [5.74, 6) is -0.238. The van der Waals surface area contributed by atoms with Crippen LogP contribution in [0.5, 0.6) is 0 Å². The van der Waals surface area contributed by atoms with Gasteiger partial charge in [-0.05, 0) is 98.8 Å². The standard InChI is InChI=1S/C29H38F3N3O2/c1-20-18-22(27(37)34(5)25-10-8-24(9-11-25)29(30,31)32)6-7-23(20)19-33-26(36)21-12-15-35(16-13-21)17-14-28(2,3)4/h6-11,18,21H,12-17,19H2,1-5H3,(H,33,36). The summed E-state index contributed by atoms with van der Waals surface area (Å²) in [4.78, 5) is 29.4. The van der Waals surface area contributed by atoms with Gasteiger partial charge in [-0.15, -0.1) is 0 Å². The van der Waals surface area contributed by atoms with Gasteiger partial charge in [-0.25, -0.2) is 0 Å². The maximum Gasteiger partial charge on any atom is 0.416 e. The molecule has 0 unspecified atom stereocenters. The van der Waals surface area contributed by atoms with Gasteiger partial charge in [0.05, 0.1) is 5.56 Å². The molecule has 0 aromatic heterocycles. The molecule has 1 aliphatic heterocycles. The summed E-state index contributed by atoms with van der Waals surface area (Å²) in [5.41, 5.74) is 2.14. The molecule has 1 saturated heterocycles. The number of amides is 2. The summed E-state index contributed by atoms with van der Waals surface area (Å²) in [5, 5.41) is 3.05. The van der Waals surface area contributed by atoms with E-state index in [0.29, 0.717) is 23.2 Å². The minimum absolute atomic E-state index is 0.0180. The van der Waals surface area contributed by atoms with E-state index < -0.39 is 11.7 Å². The zero-order chi connectivity index (χ0) is 27.4. The molecule has 0 aliphatic carbocycles. The second kappa shape index (κ2) is 11.7. The first-order valence-electron chi connectivity index (χ1n) is 12.8. The predicted molar refractivity (Wildman–Crippen MR) is 140 cm³/mol. The van der Waals surface area contributed by atoms with Crippen molar-refractivity contribution in [3.8, 4) is 0 Å². The number of nitrogens with one attached hydrogen (secondary N) is 1. The van der Waals surface area contributed by atoms with Gasteiger partial charge in [-0.2, -0.15) is 13.2 Å². The molecule has 0 atom stereocenters. The van der Waals surface area contributed by atoms with E-state index in [1.807, 2.05) is 13.0 Å². The first-order valence-corrected chi connectivity index (χ1v) is 12.8. The average molecular weight is 518 g/mol. The second-order valence-electron chi connectivity index (χ2n) is 11.2. The molecule has 0 radical (unpaired) electrons. The van der Waals surface area contributed by atoms with E-state index in [1.54, 1.807) is 12.1 Å². The number of carbonyl (C=O) groups is 2. The maximum atomic E-state index is 12.9.